The van der Waals surface area contributed by atoms with Gasteiger partial charge in [-0.05, 0) is 55.6 Å². The van der Waals surface area contributed by atoms with Gasteiger partial charge in [-0.3, -0.25) is 4.79 Å². The largest absolute Gasteiger partial charge is 0.389 e. The van der Waals surface area contributed by atoms with Crippen LogP contribution in [0.25, 0.3) is 11.1 Å². The predicted octanol–water partition coefficient (Wildman–Crippen LogP) is 2.59. The van der Waals surface area contributed by atoms with E-state index < -0.39 is 11.7 Å². The van der Waals surface area contributed by atoms with Gasteiger partial charge in [-0.1, -0.05) is 36.4 Å². The Hall–Kier alpha value is -2.21. The van der Waals surface area contributed by atoms with Crippen molar-refractivity contribution < 1.29 is 15.0 Å². The first-order valence-corrected chi connectivity index (χ1v) is 9.44. The minimum Gasteiger partial charge on any atom is -0.389 e. The lowest BCUT2D eigenvalue weighted by atomic mass is 9.91. The number of amides is 1. The normalized spacial score (nSPS) is 18.1. The van der Waals surface area contributed by atoms with Crippen LogP contribution in [0.4, 0.5) is 0 Å². The zero-order chi connectivity index (χ0) is 19.4. The third kappa shape index (κ3) is 4.95. The molecule has 0 aromatic heterocycles. The second-order valence-corrected chi connectivity index (χ2v) is 7.59. The van der Waals surface area contributed by atoms with E-state index in [0.29, 0.717) is 18.4 Å². The van der Waals surface area contributed by atoms with E-state index in [0.717, 1.165) is 29.8 Å². The molecule has 0 aliphatic carbocycles. The van der Waals surface area contributed by atoms with Gasteiger partial charge >= 0.3 is 0 Å². The first kappa shape index (κ1) is 19.5. The molecule has 3 rings (SSSR count). The molecule has 2 aromatic carbocycles. The van der Waals surface area contributed by atoms with Crippen molar-refractivity contribution in [3.05, 3.63) is 59.7 Å². The van der Waals surface area contributed by atoms with Crippen LogP contribution in [-0.2, 0) is 0 Å². The molecule has 3 N–H and O–H groups in total. The molecule has 1 heterocycles. The number of likely N-dealkylation sites (tertiary alicyclic amines) is 1. The summed E-state index contributed by atoms with van der Waals surface area (Å²) >= 11 is 0. The molecule has 5 heteroatoms. The van der Waals surface area contributed by atoms with E-state index in [9.17, 15) is 15.0 Å². The minimum absolute atomic E-state index is 0.168. The van der Waals surface area contributed by atoms with Gasteiger partial charge in [0.15, 0.2) is 0 Å². The molecule has 0 bridgehead atoms. The molecule has 144 valence electrons. The fourth-order valence-corrected chi connectivity index (χ4v) is 3.33. The Morgan fingerprint density at radius 2 is 1.59 bits per heavy atom. The highest BCUT2D eigenvalue weighted by molar-refractivity contribution is 5.94. The molecule has 5 nitrogen and oxygen atoms in total. The van der Waals surface area contributed by atoms with Gasteiger partial charge in [-0.15, -0.1) is 0 Å². The third-order valence-electron chi connectivity index (χ3n) is 5.37. The Bertz CT molecular complexity index is 761. The van der Waals surface area contributed by atoms with Crippen LogP contribution in [0.3, 0.4) is 0 Å². The Morgan fingerprint density at radius 3 is 2.11 bits per heavy atom. The van der Waals surface area contributed by atoms with Crippen LogP contribution in [0.2, 0.25) is 0 Å². The van der Waals surface area contributed by atoms with Crippen molar-refractivity contribution in [3.8, 4) is 11.1 Å². The van der Waals surface area contributed by atoms with E-state index in [-0.39, 0.29) is 12.5 Å². The van der Waals surface area contributed by atoms with E-state index >= 15 is 0 Å². The number of hydrogen-bond acceptors (Lipinski definition) is 4. The second kappa shape index (κ2) is 8.21. The Kier molecular flexibility index (Phi) is 5.95. The summed E-state index contributed by atoms with van der Waals surface area (Å²) < 4.78 is 0. The molecule has 2 aromatic rings. The van der Waals surface area contributed by atoms with Gasteiger partial charge in [-0.25, -0.2) is 0 Å². The van der Waals surface area contributed by atoms with E-state index in [2.05, 4.69) is 10.2 Å². The molecular weight excluding hydrogens is 340 g/mol. The molecule has 0 spiro atoms. The quantitative estimate of drug-likeness (QED) is 0.759. The number of carbonyl (C=O) groups is 1. The van der Waals surface area contributed by atoms with Gasteiger partial charge in [0.2, 0.25) is 0 Å². The number of nitrogens with one attached hydrogen (secondary N) is 1. The van der Waals surface area contributed by atoms with Crippen LogP contribution in [0.15, 0.2) is 48.5 Å². The van der Waals surface area contributed by atoms with Gasteiger partial charge in [0.25, 0.3) is 5.91 Å². The molecule has 1 amide bonds. The van der Waals surface area contributed by atoms with Crippen LogP contribution in [-0.4, -0.2) is 53.3 Å². The Balaban J connectivity index is 1.60. The molecular formula is C22H28N2O3. The average molecular weight is 368 g/mol. The summed E-state index contributed by atoms with van der Waals surface area (Å²) in [7, 11) is 2.04. The molecule has 1 saturated heterocycles. The average Bonchev–Trinajstić information content (AvgIpc) is 2.69. The predicted molar refractivity (Wildman–Crippen MR) is 107 cm³/mol. The molecule has 27 heavy (non-hydrogen) atoms. The van der Waals surface area contributed by atoms with Crippen LogP contribution >= 0.6 is 0 Å². The monoisotopic (exact) mass is 368 g/mol. The summed E-state index contributed by atoms with van der Waals surface area (Å²) in [5, 5.41) is 23.0. The first-order valence-electron chi connectivity index (χ1n) is 9.44. The molecule has 1 aliphatic heterocycles. The number of hydrogen-bond donors (Lipinski definition) is 3. The smallest absolute Gasteiger partial charge is 0.251 e. The maximum Gasteiger partial charge on any atom is 0.251 e. The maximum atomic E-state index is 12.4. The molecule has 1 fully saturated rings. The topological polar surface area (TPSA) is 72.8 Å². The highest BCUT2D eigenvalue weighted by Crippen LogP contribution is 2.23. The van der Waals surface area contributed by atoms with Crippen molar-refractivity contribution >= 4 is 5.91 Å². The molecule has 1 unspecified atom stereocenters. The molecule has 1 atom stereocenters. The molecule has 0 radical (unpaired) electrons. The Labute approximate surface area is 160 Å². The number of aliphatic hydroxyl groups is 2. The summed E-state index contributed by atoms with van der Waals surface area (Å²) in [6, 6.07) is 15.2. The van der Waals surface area contributed by atoms with Crippen molar-refractivity contribution in [2.45, 2.75) is 31.5 Å². The van der Waals surface area contributed by atoms with Crippen molar-refractivity contribution in [2.24, 2.45) is 0 Å². The van der Waals surface area contributed by atoms with E-state index in [1.807, 2.05) is 43.4 Å². The fourth-order valence-electron chi connectivity index (χ4n) is 3.33. The molecule has 0 saturated carbocycles. The van der Waals surface area contributed by atoms with E-state index in [1.165, 1.54) is 0 Å². The van der Waals surface area contributed by atoms with Crippen LogP contribution in [0, 0.1) is 0 Å². The van der Waals surface area contributed by atoms with Crippen LogP contribution in [0.1, 0.15) is 41.8 Å². The number of nitrogens with zero attached hydrogens (tertiary/aromatic N) is 1. The van der Waals surface area contributed by atoms with E-state index in [4.69, 9.17) is 0 Å². The van der Waals surface area contributed by atoms with Crippen LogP contribution in [0.5, 0.6) is 0 Å². The van der Waals surface area contributed by atoms with Crippen molar-refractivity contribution in [1.82, 2.24) is 10.2 Å². The van der Waals surface area contributed by atoms with Gasteiger partial charge < -0.3 is 20.4 Å². The van der Waals surface area contributed by atoms with Gasteiger partial charge in [0, 0.05) is 25.2 Å². The third-order valence-corrected chi connectivity index (χ3v) is 5.37. The summed E-state index contributed by atoms with van der Waals surface area (Å²) in [5.41, 5.74) is 2.69. The number of benzene rings is 2. The maximum absolute atomic E-state index is 12.4. The van der Waals surface area contributed by atoms with Crippen molar-refractivity contribution in [2.75, 3.05) is 26.7 Å². The standard InChI is InChI=1S/C22H28N2O3/c1-16(25)17-3-5-18(6-4-17)19-7-9-20(10-8-19)21(26)23-15-22(27)11-13-24(2)14-12-22/h3-10,16,25,27H,11-15H2,1-2H3,(H,23,26). The minimum atomic E-state index is -0.812. The summed E-state index contributed by atoms with van der Waals surface area (Å²) in [6.45, 7) is 3.70. The first-order chi connectivity index (χ1) is 12.9. The lowest BCUT2D eigenvalue weighted by Gasteiger charge is -2.36. The lowest BCUT2D eigenvalue weighted by molar-refractivity contribution is -0.0135. The molecule has 1 aliphatic rings. The summed E-state index contributed by atoms with van der Waals surface area (Å²) in [4.78, 5) is 14.6. The number of aliphatic hydroxyl groups excluding tert-OH is 1. The van der Waals surface area contributed by atoms with Gasteiger partial charge in [0.05, 0.1) is 11.7 Å². The Morgan fingerprint density at radius 1 is 1.07 bits per heavy atom. The van der Waals surface area contributed by atoms with Gasteiger partial charge in [0.1, 0.15) is 0 Å². The van der Waals surface area contributed by atoms with Crippen LogP contribution < -0.4 is 5.32 Å². The lowest BCUT2D eigenvalue weighted by Crippen LogP contribution is -2.50. The van der Waals surface area contributed by atoms with Crippen molar-refractivity contribution in [1.29, 1.82) is 0 Å². The zero-order valence-corrected chi connectivity index (χ0v) is 16.0. The van der Waals surface area contributed by atoms with E-state index in [1.54, 1.807) is 19.1 Å². The highest BCUT2D eigenvalue weighted by Gasteiger charge is 2.31. The number of rotatable bonds is 5. The fraction of sp³-hybridized carbons (Fsp3) is 0.409. The highest BCUT2D eigenvalue weighted by atomic mass is 16.3. The summed E-state index contributed by atoms with van der Waals surface area (Å²) in [5.74, 6) is -0.168. The number of carbonyl (C=O) groups excluding carboxylic acids is 1. The SMILES string of the molecule is CC(O)c1ccc(-c2ccc(C(=O)NCC3(O)CCN(C)CC3)cc2)cc1. The van der Waals surface area contributed by atoms with Gasteiger partial charge in [-0.2, -0.15) is 0 Å². The zero-order valence-electron chi connectivity index (χ0n) is 16.0. The van der Waals surface area contributed by atoms with Crippen molar-refractivity contribution in [3.63, 3.8) is 0 Å². The second-order valence-electron chi connectivity index (χ2n) is 7.59. The number of piperidine rings is 1. The summed E-state index contributed by atoms with van der Waals surface area (Å²) in [6.07, 6.45) is 0.862.